The molecule has 0 amide bonds. The minimum Gasteiger partial charge on any atom is -0.296 e. The van der Waals surface area contributed by atoms with Gasteiger partial charge in [0.15, 0.2) is 5.82 Å². The minimum atomic E-state index is 0.761. The normalized spacial score (nSPS) is 20.2. The van der Waals surface area contributed by atoms with Crippen LogP contribution >= 0.6 is 15.9 Å². The molecule has 0 aliphatic carbocycles. The molecular formula is C14H18BrN5. The molecule has 0 radical (unpaired) electrons. The van der Waals surface area contributed by atoms with Gasteiger partial charge in [-0.3, -0.25) is 4.90 Å². The zero-order valence-electron chi connectivity index (χ0n) is 11.5. The lowest BCUT2D eigenvalue weighted by molar-refractivity contribution is 0.171. The van der Waals surface area contributed by atoms with Crippen LogP contribution < -0.4 is 0 Å². The van der Waals surface area contributed by atoms with E-state index in [1.165, 1.54) is 12.8 Å². The van der Waals surface area contributed by atoms with Crippen molar-refractivity contribution in [1.82, 2.24) is 25.1 Å². The van der Waals surface area contributed by atoms with Crippen LogP contribution in [0.2, 0.25) is 0 Å². The van der Waals surface area contributed by atoms with E-state index in [0.717, 1.165) is 41.5 Å². The second-order valence-electron chi connectivity index (χ2n) is 5.44. The van der Waals surface area contributed by atoms with Gasteiger partial charge in [-0.1, -0.05) is 19.1 Å². The van der Waals surface area contributed by atoms with Crippen LogP contribution in [0.5, 0.6) is 0 Å². The van der Waals surface area contributed by atoms with Gasteiger partial charge in [0.1, 0.15) is 0 Å². The first-order chi connectivity index (χ1) is 9.74. The van der Waals surface area contributed by atoms with E-state index in [0.29, 0.717) is 0 Å². The molecule has 1 aromatic carbocycles. The third-order valence-corrected chi connectivity index (χ3v) is 4.39. The van der Waals surface area contributed by atoms with Gasteiger partial charge in [0.05, 0.1) is 12.2 Å². The Kier molecular flexibility index (Phi) is 4.12. The molecule has 1 aromatic heterocycles. The number of tetrazole rings is 1. The molecule has 106 valence electrons. The zero-order valence-corrected chi connectivity index (χ0v) is 13.1. The second-order valence-corrected chi connectivity index (χ2v) is 6.30. The van der Waals surface area contributed by atoms with E-state index in [1.54, 1.807) is 0 Å². The first-order valence-corrected chi connectivity index (χ1v) is 7.78. The summed E-state index contributed by atoms with van der Waals surface area (Å²) in [6.07, 6.45) is 2.59. The predicted octanol–water partition coefficient (Wildman–Crippen LogP) is 2.66. The number of hydrogen-bond acceptors (Lipinski definition) is 4. The lowest BCUT2D eigenvalue weighted by atomic mass is 10.0. The number of para-hydroxylation sites is 1. The molecule has 20 heavy (non-hydrogen) atoms. The van der Waals surface area contributed by atoms with Crippen molar-refractivity contribution in [3.8, 4) is 5.69 Å². The van der Waals surface area contributed by atoms with Crippen LogP contribution in [-0.4, -0.2) is 38.2 Å². The lowest BCUT2D eigenvalue weighted by Crippen LogP contribution is -2.34. The average molecular weight is 336 g/mol. The summed E-state index contributed by atoms with van der Waals surface area (Å²) in [7, 11) is 0. The molecule has 1 aliphatic heterocycles. The average Bonchev–Trinajstić information content (AvgIpc) is 2.87. The van der Waals surface area contributed by atoms with E-state index in [2.05, 4.69) is 43.3 Å². The highest BCUT2D eigenvalue weighted by Crippen LogP contribution is 2.22. The smallest absolute Gasteiger partial charge is 0.170 e. The molecule has 2 heterocycles. The highest BCUT2D eigenvalue weighted by atomic mass is 79.9. The summed E-state index contributed by atoms with van der Waals surface area (Å²) in [5.41, 5.74) is 0.984. The van der Waals surface area contributed by atoms with Crippen LogP contribution in [0.3, 0.4) is 0 Å². The van der Waals surface area contributed by atoms with Crippen molar-refractivity contribution in [3.63, 3.8) is 0 Å². The van der Waals surface area contributed by atoms with Gasteiger partial charge in [-0.25, -0.2) is 0 Å². The molecule has 1 atom stereocenters. The highest BCUT2D eigenvalue weighted by molar-refractivity contribution is 9.10. The van der Waals surface area contributed by atoms with Gasteiger partial charge in [-0.2, -0.15) is 4.68 Å². The first-order valence-electron chi connectivity index (χ1n) is 6.98. The Morgan fingerprint density at radius 1 is 1.35 bits per heavy atom. The minimum absolute atomic E-state index is 0.761. The largest absolute Gasteiger partial charge is 0.296 e. The van der Waals surface area contributed by atoms with E-state index in [4.69, 9.17) is 0 Å². The van der Waals surface area contributed by atoms with Gasteiger partial charge in [-0.15, -0.1) is 5.10 Å². The molecule has 0 N–H and O–H groups in total. The van der Waals surface area contributed by atoms with Gasteiger partial charge >= 0.3 is 0 Å². The standard InChI is InChI=1S/C14H18BrN5/c1-11-5-4-8-19(9-11)10-14-16-17-18-20(14)13-7-3-2-6-12(13)15/h2-3,6-7,11H,4-5,8-10H2,1H3/t11-/m0/s1. The maximum atomic E-state index is 4.19. The third kappa shape index (κ3) is 2.91. The van der Waals surface area contributed by atoms with Crippen molar-refractivity contribution < 1.29 is 0 Å². The van der Waals surface area contributed by atoms with E-state index >= 15 is 0 Å². The van der Waals surface area contributed by atoms with Crippen molar-refractivity contribution in [2.45, 2.75) is 26.3 Å². The van der Waals surface area contributed by atoms with Gasteiger partial charge in [0.2, 0.25) is 0 Å². The third-order valence-electron chi connectivity index (χ3n) is 3.72. The van der Waals surface area contributed by atoms with Crippen molar-refractivity contribution in [2.75, 3.05) is 13.1 Å². The van der Waals surface area contributed by atoms with E-state index in [1.807, 2.05) is 28.9 Å². The SMILES string of the molecule is C[C@H]1CCCN(Cc2nnnn2-c2ccccc2Br)C1. The Labute approximate surface area is 127 Å². The van der Waals surface area contributed by atoms with Crippen LogP contribution in [0.4, 0.5) is 0 Å². The Morgan fingerprint density at radius 3 is 3.00 bits per heavy atom. The summed E-state index contributed by atoms with van der Waals surface area (Å²) >= 11 is 3.56. The van der Waals surface area contributed by atoms with Gasteiger partial charge in [0.25, 0.3) is 0 Å². The van der Waals surface area contributed by atoms with E-state index < -0.39 is 0 Å². The Hall–Kier alpha value is -1.27. The molecule has 3 rings (SSSR count). The molecule has 1 fully saturated rings. The van der Waals surface area contributed by atoms with Gasteiger partial charge in [0, 0.05) is 11.0 Å². The van der Waals surface area contributed by atoms with E-state index in [9.17, 15) is 0 Å². The van der Waals surface area contributed by atoms with Crippen molar-refractivity contribution in [2.24, 2.45) is 5.92 Å². The number of likely N-dealkylation sites (tertiary alicyclic amines) is 1. The lowest BCUT2D eigenvalue weighted by Gasteiger charge is -2.30. The maximum absolute atomic E-state index is 4.19. The number of halogens is 1. The van der Waals surface area contributed by atoms with Crippen LogP contribution in [0.1, 0.15) is 25.6 Å². The Morgan fingerprint density at radius 2 is 2.20 bits per heavy atom. The summed E-state index contributed by atoms with van der Waals surface area (Å²) < 4.78 is 2.82. The maximum Gasteiger partial charge on any atom is 0.170 e. The van der Waals surface area contributed by atoms with Crippen molar-refractivity contribution in [3.05, 3.63) is 34.6 Å². The predicted molar refractivity (Wildman–Crippen MR) is 80.5 cm³/mol. The monoisotopic (exact) mass is 335 g/mol. The number of piperidine rings is 1. The number of rotatable bonds is 3. The molecular weight excluding hydrogens is 318 g/mol. The Balaban J connectivity index is 1.82. The van der Waals surface area contributed by atoms with Crippen LogP contribution in [-0.2, 0) is 6.54 Å². The molecule has 0 unspecified atom stereocenters. The number of nitrogens with zero attached hydrogens (tertiary/aromatic N) is 5. The fraction of sp³-hybridized carbons (Fsp3) is 0.500. The molecule has 1 aliphatic rings. The van der Waals surface area contributed by atoms with Crippen LogP contribution in [0.15, 0.2) is 28.7 Å². The summed E-state index contributed by atoms with van der Waals surface area (Å²) in [4.78, 5) is 2.44. The quantitative estimate of drug-likeness (QED) is 0.865. The van der Waals surface area contributed by atoms with Crippen molar-refractivity contribution >= 4 is 15.9 Å². The number of hydrogen-bond donors (Lipinski definition) is 0. The molecule has 0 spiro atoms. The Bertz CT molecular complexity index is 582. The summed E-state index contributed by atoms with van der Waals surface area (Å²) in [5, 5.41) is 12.2. The molecule has 6 heteroatoms. The molecule has 0 bridgehead atoms. The fourth-order valence-corrected chi connectivity index (χ4v) is 3.20. The second kappa shape index (κ2) is 6.01. The highest BCUT2D eigenvalue weighted by Gasteiger charge is 2.19. The first kappa shape index (κ1) is 13.7. The van der Waals surface area contributed by atoms with Gasteiger partial charge in [-0.05, 0) is 63.8 Å². The molecule has 0 saturated carbocycles. The molecule has 5 nitrogen and oxygen atoms in total. The van der Waals surface area contributed by atoms with Crippen LogP contribution in [0.25, 0.3) is 5.69 Å². The number of aromatic nitrogens is 4. The number of benzene rings is 1. The summed E-state index contributed by atoms with van der Waals surface area (Å²) in [5.74, 6) is 1.66. The fourth-order valence-electron chi connectivity index (χ4n) is 2.75. The summed E-state index contributed by atoms with van der Waals surface area (Å²) in [6.45, 7) is 5.37. The topological polar surface area (TPSA) is 46.8 Å². The molecule has 2 aromatic rings. The molecule has 1 saturated heterocycles. The zero-order chi connectivity index (χ0) is 13.9. The van der Waals surface area contributed by atoms with Crippen molar-refractivity contribution in [1.29, 1.82) is 0 Å². The van der Waals surface area contributed by atoms with Gasteiger partial charge < -0.3 is 0 Å². The van der Waals surface area contributed by atoms with E-state index in [-0.39, 0.29) is 0 Å². The summed E-state index contributed by atoms with van der Waals surface area (Å²) in [6, 6.07) is 8.00. The van der Waals surface area contributed by atoms with Crippen LogP contribution in [0, 0.1) is 5.92 Å².